The number of carbonyl (C=O) groups is 1. The maximum Gasteiger partial charge on any atom is 0.356 e. The van der Waals surface area contributed by atoms with E-state index in [1.54, 1.807) is 23.0 Å². The summed E-state index contributed by atoms with van der Waals surface area (Å²) in [5, 5.41) is 9.09. The van der Waals surface area contributed by atoms with Crippen molar-refractivity contribution in [1.82, 2.24) is 24.5 Å². The maximum atomic E-state index is 11.1. The Hall–Kier alpha value is -3.87. The molecule has 0 radical (unpaired) electrons. The van der Waals surface area contributed by atoms with Crippen molar-refractivity contribution in [1.29, 1.82) is 0 Å². The second-order valence-corrected chi connectivity index (χ2v) is 5.51. The molecule has 0 fully saturated rings. The van der Waals surface area contributed by atoms with E-state index in [0.717, 1.165) is 16.8 Å². The zero-order chi connectivity index (χ0) is 17.9. The normalized spacial score (nSPS) is 10.6. The molecule has 1 aromatic carbocycles. The molecule has 0 spiro atoms. The van der Waals surface area contributed by atoms with Gasteiger partial charge in [-0.3, -0.25) is 9.55 Å². The Balaban J connectivity index is 1.89. The van der Waals surface area contributed by atoms with E-state index in [1.807, 2.05) is 42.5 Å². The third kappa shape index (κ3) is 3.05. The number of imidazole rings is 1. The van der Waals surface area contributed by atoms with Crippen LogP contribution < -0.4 is 0 Å². The molecular formula is C19H13N5O2. The fourth-order valence-corrected chi connectivity index (χ4v) is 2.51. The second-order valence-electron chi connectivity index (χ2n) is 5.51. The quantitative estimate of drug-likeness (QED) is 0.612. The molecule has 3 heterocycles. The summed E-state index contributed by atoms with van der Waals surface area (Å²) in [6.45, 7) is 0. The summed E-state index contributed by atoms with van der Waals surface area (Å²) in [7, 11) is 0. The molecule has 7 heteroatoms. The minimum atomic E-state index is -1.09. The molecule has 126 valence electrons. The van der Waals surface area contributed by atoms with Crippen LogP contribution in [0.2, 0.25) is 0 Å². The number of aromatic nitrogens is 5. The summed E-state index contributed by atoms with van der Waals surface area (Å²) < 4.78 is 1.57. The highest BCUT2D eigenvalue weighted by atomic mass is 16.4. The summed E-state index contributed by atoms with van der Waals surface area (Å²) in [5.41, 5.74) is 2.37. The van der Waals surface area contributed by atoms with Gasteiger partial charge in [-0.05, 0) is 12.1 Å². The van der Waals surface area contributed by atoms with Crippen LogP contribution in [0.3, 0.4) is 0 Å². The predicted molar refractivity (Wildman–Crippen MR) is 94.8 cm³/mol. The molecule has 0 bridgehead atoms. The number of benzene rings is 1. The number of carboxylic acids is 1. The molecule has 0 amide bonds. The van der Waals surface area contributed by atoms with Crippen molar-refractivity contribution in [3.63, 3.8) is 0 Å². The van der Waals surface area contributed by atoms with Crippen molar-refractivity contribution in [2.24, 2.45) is 0 Å². The van der Waals surface area contributed by atoms with E-state index in [0.29, 0.717) is 11.6 Å². The molecular weight excluding hydrogens is 330 g/mol. The molecule has 0 saturated heterocycles. The third-order valence-electron chi connectivity index (χ3n) is 3.77. The number of aromatic carboxylic acids is 1. The van der Waals surface area contributed by atoms with Gasteiger partial charge in [0, 0.05) is 35.8 Å². The smallest absolute Gasteiger partial charge is 0.356 e. The van der Waals surface area contributed by atoms with Crippen molar-refractivity contribution < 1.29 is 9.90 Å². The van der Waals surface area contributed by atoms with E-state index in [-0.39, 0.29) is 5.69 Å². The van der Waals surface area contributed by atoms with Crippen molar-refractivity contribution in [3.05, 3.63) is 79.1 Å². The van der Waals surface area contributed by atoms with Crippen LogP contribution in [0.25, 0.3) is 28.5 Å². The van der Waals surface area contributed by atoms with E-state index < -0.39 is 5.97 Å². The van der Waals surface area contributed by atoms with Gasteiger partial charge < -0.3 is 5.11 Å². The Kier molecular flexibility index (Phi) is 3.95. The van der Waals surface area contributed by atoms with Crippen LogP contribution in [-0.2, 0) is 0 Å². The van der Waals surface area contributed by atoms with Crippen LogP contribution in [0.4, 0.5) is 0 Å². The Bertz CT molecular complexity index is 1000. The number of nitrogens with zero attached hydrogens (tertiary/aromatic N) is 5. The number of rotatable bonds is 4. The summed E-state index contributed by atoms with van der Waals surface area (Å²) in [6.07, 6.45) is 6.21. The summed E-state index contributed by atoms with van der Waals surface area (Å²) in [5.74, 6) is -0.0636. The van der Waals surface area contributed by atoms with Gasteiger partial charge in [-0.2, -0.15) is 0 Å². The molecule has 0 aliphatic heterocycles. The van der Waals surface area contributed by atoms with Crippen LogP contribution in [0.5, 0.6) is 0 Å². The molecule has 7 nitrogen and oxygen atoms in total. The maximum absolute atomic E-state index is 11.1. The fourth-order valence-electron chi connectivity index (χ4n) is 2.51. The van der Waals surface area contributed by atoms with E-state index in [1.165, 1.54) is 12.5 Å². The average Bonchev–Trinajstić information content (AvgIpc) is 3.20. The molecule has 0 aliphatic carbocycles. The van der Waals surface area contributed by atoms with Gasteiger partial charge in [0.1, 0.15) is 12.1 Å². The standard InChI is InChI=1S/C19H13N5O2/c25-19(26)16-11-24(12-21-16)17-9-15(13-5-2-1-3-6-13)22-18(23-17)14-7-4-8-20-10-14/h1-12H,(H,25,26). The first-order valence-electron chi connectivity index (χ1n) is 7.83. The minimum Gasteiger partial charge on any atom is -0.476 e. The van der Waals surface area contributed by atoms with Crippen LogP contribution >= 0.6 is 0 Å². The first kappa shape index (κ1) is 15.6. The summed E-state index contributed by atoms with van der Waals surface area (Å²) in [6, 6.07) is 15.2. The SMILES string of the molecule is O=C(O)c1cn(-c2cc(-c3ccccc3)nc(-c3cccnc3)n2)cn1. The summed E-state index contributed by atoms with van der Waals surface area (Å²) >= 11 is 0. The monoisotopic (exact) mass is 343 g/mol. The molecule has 4 rings (SSSR count). The molecule has 0 unspecified atom stereocenters. The molecule has 4 aromatic rings. The van der Waals surface area contributed by atoms with Gasteiger partial charge in [-0.1, -0.05) is 30.3 Å². The van der Waals surface area contributed by atoms with Crippen molar-refractivity contribution in [2.45, 2.75) is 0 Å². The number of pyridine rings is 1. The van der Waals surface area contributed by atoms with E-state index in [4.69, 9.17) is 5.11 Å². The van der Waals surface area contributed by atoms with Crippen molar-refractivity contribution in [3.8, 4) is 28.5 Å². The van der Waals surface area contributed by atoms with Crippen LogP contribution in [0.1, 0.15) is 10.5 Å². The summed E-state index contributed by atoms with van der Waals surface area (Å²) in [4.78, 5) is 28.3. The molecule has 3 aromatic heterocycles. The highest BCUT2D eigenvalue weighted by molar-refractivity contribution is 5.85. The zero-order valence-corrected chi connectivity index (χ0v) is 13.5. The van der Waals surface area contributed by atoms with Gasteiger partial charge in [-0.25, -0.2) is 19.7 Å². The largest absolute Gasteiger partial charge is 0.476 e. The second kappa shape index (κ2) is 6.56. The first-order valence-corrected chi connectivity index (χ1v) is 7.83. The lowest BCUT2D eigenvalue weighted by molar-refractivity contribution is 0.0691. The first-order chi connectivity index (χ1) is 12.7. The average molecular weight is 343 g/mol. The van der Waals surface area contributed by atoms with Gasteiger partial charge >= 0.3 is 5.97 Å². The molecule has 1 N–H and O–H groups in total. The van der Waals surface area contributed by atoms with Gasteiger partial charge in [0.25, 0.3) is 0 Å². The lowest BCUT2D eigenvalue weighted by Crippen LogP contribution is -2.01. The van der Waals surface area contributed by atoms with Crippen molar-refractivity contribution >= 4 is 5.97 Å². The Morgan fingerprint density at radius 3 is 2.50 bits per heavy atom. The Labute approximate surface area is 148 Å². The van der Waals surface area contributed by atoms with Crippen LogP contribution in [0, 0.1) is 0 Å². The third-order valence-corrected chi connectivity index (χ3v) is 3.77. The number of hydrogen-bond acceptors (Lipinski definition) is 5. The topological polar surface area (TPSA) is 93.8 Å². The lowest BCUT2D eigenvalue weighted by Gasteiger charge is -2.09. The molecule has 26 heavy (non-hydrogen) atoms. The fraction of sp³-hybridized carbons (Fsp3) is 0. The predicted octanol–water partition coefficient (Wildman–Crippen LogP) is 3.09. The Morgan fingerprint density at radius 1 is 1.00 bits per heavy atom. The van der Waals surface area contributed by atoms with E-state index >= 15 is 0 Å². The lowest BCUT2D eigenvalue weighted by atomic mass is 10.1. The molecule has 0 atom stereocenters. The van der Waals surface area contributed by atoms with Gasteiger partial charge in [-0.15, -0.1) is 0 Å². The molecule has 0 aliphatic rings. The van der Waals surface area contributed by atoms with Gasteiger partial charge in [0.05, 0.1) is 5.69 Å². The zero-order valence-electron chi connectivity index (χ0n) is 13.5. The minimum absolute atomic E-state index is 0.0483. The number of carboxylic acid groups (broad SMARTS) is 1. The highest BCUT2D eigenvalue weighted by Crippen LogP contribution is 2.23. The van der Waals surface area contributed by atoms with Crippen LogP contribution in [-0.4, -0.2) is 35.6 Å². The van der Waals surface area contributed by atoms with Gasteiger partial charge in [0.15, 0.2) is 11.5 Å². The van der Waals surface area contributed by atoms with Crippen LogP contribution in [0.15, 0.2) is 73.4 Å². The number of hydrogen-bond donors (Lipinski definition) is 1. The van der Waals surface area contributed by atoms with Gasteiger partial charge in [0.2, 0.25) is 0 Å². The molecule has 0 saturated carbocycles. The van der Waals surface area contributed by atoms with Crippen molar-refractivity contribution in [2.75, 3.05) is 0 Å². The van der Waals surface area contributed by atoms with E-state index in [9.17, 15) is 4.79 Å². The Morgan fingerprint density at radius 2 is 1.81 bits per heavy atom. The highest BCUT2D eigenvalue weighted by Gasteiger charge is 2.12. The van der Waals surface area contributed by atoms with E-state index in [2.05, 4.69) is 19.9 Å².